The van der Waals surface area contributed by atoms with Crippen LogP contribution in [0.25, 0.3) is 21.5 Å². The van der Waals surface area contributed by atoms with Crippen molar-refractivity contribution < 1.29 is 40.6 Å². The van der Waals surface area contributed by atoms with Gasteiger partial charge in [0.05, 0.1) is 17.1 Å². The van der Waals surface area contributed by atoms with E-state index < -0.39 is 46.8 Å². The number of aryl methyl sites for hydroxylation is 1. The van der Waals surface area contributed by atoms with E-state index in [1.165, 1.54) is 41.8 Å². The number of nitrogens with zero attached hydrogens (tertiary/aromatic N) is 1. The SMILES string of the molecule is C=C1C2=CC3=C4N(CCC3OC2CCCc2ccc3ccccc3c2C1(C)CCCCCC(=O)O)c1ccc2c(S(=O)(=O)O)cc(S(=O)(=O)O)cc2c1C4(C)C.CCCCC. The summed E-state index contributed by atoms with van der Waals surface area (Å²) in [4.78, 5) is 12.3. The normalized spacial score (nSPS) is 22.1. The molecule has 10 nitrogen and oxygen atoms in total. The van der Waals surface area contributed by atoms with E-state index in [0.29, 0.717) is 30.3 Å². The number of fused-ring (bicyclic) bond motifs is 10. The van der Waals surface area contributed by atoms with Gasteiger partial charge in [0.1, 0.15) is 4.90 Å². The molecule has 4 aliphatic rings. The van der Waals surface area contributed by atoms with Gasteiger partial charge in [-0.25, -0.2) is 0 Å². The van der Waals surface area contributed by atoms with Crippen LogP contribution in [-0.2, 0) is 47.0 Å². The van der Waals surface area contributed by atoms with Gasteiger partial charge >= 0.3 is 5.97 Å². The number of hydrogen-bond donors (Lipinski definition) is 3. The summed E-state index contributed by atoms with van der Waals surface area (Å²) in [6.07, 6.45) is 12.3. The molecule has 0 aromatic heterocycles. The van der Waals surface area contributed by atoms with Gasteiger partial charge in [0.2, 0.25) is 0 Å². The summed E-state index contributed by atoms with van der Waals surface area (Å²) in [5.41, 5.74) is 6.67. The Morgan fingerprint density at radius 2 is 1.57 bits per heavy atom. The lowest BCUT2D eigenvalue weighted by molar-refractivity contribution is -0.137. The van der Waals surface area contributed by atoms with Crippen LogP contribution in [0.5, 0.6) is 0 Å². The van der Waals surface area contributed by atoms with Gasteiger partial charge in [-0.2, -0.15) is 16.8 Å². The lowest BCUT2D eigenvalue weighted by atomic mass is 9.66. The standard InChI is InChI=1S/C44H47NO9S2.C5H12/c1-26-32-25-34-37(20-22-45-35-19-18-31-33(41(35)43(2,3)42(34)45)23-29(55(48,49)50)24-38(31)56(51,52)53)54-36(32)14-10-12-28-17-16-27-11-7-8-13-30(27)40(28)44(26,4)21-9-5-6-15-39(46)47;1-3-5-4-2/h7-8,11,13,16-19,23-25,36-37H,1,5-6,9-10,12,14-15,20-22H2,2-4H3,(H,46,47)(H,48,49,50)(H,51,52,53);3-5H2,1-2H3. The predicted octanol–water partition coefficient (Wildman–Crippen LogP) is 11.0. The number of hydrogen-bond acceptors (Lipinski definition) is 7. The number of carboxylic acid groups (broad SMARTS) is 1. The largest absolute Gasteiger partial charge is 0.481 e. The molecule has 4 aromatic carbocycles. The van der Waals surface area contributed by atoms with Crippen molar-refractivity contribution in [2.45, 2.75) is 144 Å². The lowest BCUT2D eigenvalue weighted by Crippen LogP contribution is -2.43. The van der Waals surface area contributed by atoms with Crippen LogP contribution in [0, 0.1) is 0 Å². The van der Waals surface area contributed by atoms with Crippen molar-refractivity contribution in [2.75, 3.05) is 11.4 Å². The third kappa shape index (κ3) is 8.34. The molecule has 3 atom stereocenters. The van der Waals surface area contributed by atoms with E-state index in [9.17, 15) is 35.8 Å². The van der Waals surface area contributed by atoms with Crippen LogP contribution in [0.1, 0.15) is 122 Å². The summed E-state index contributed by atoms with van der Waals surface area (Å²) < 4.78 is 77.4. The smallest absolute Gasteiger partial charge is 0.303 e. The fourth-order valence-electron chi connectivity index (χ4n) is 10.5. The minimum Gasteiger partial charge on any atom is -0.481 e. The van der Waals surface area contributed by atoms with E-state index in [0.717, 1.165) is 78.1 Å². The number of carboxylic acids is 1. The molecule has 8 rings (SSSR count). The van der Waals surface area contributed by atoms with Crippen LogP contribution in [-0.4, -0.2) is 55.8 Å². The second-order valence-corrected chi connectivity index (χ2v) is 20.7. The molecule has 0 spiro atoms. The van der Waals surface area contributed by atoms with E-state index in [4.69, 9.17) is 11.3 Å². The third-order valence-electron chi connectivity index (χ3n) is 13.4. The number of ether oxygens (including phenoxy) is 1. The molecule has 4 aromatic rings. The molecule has 3 N–H and O–H groups in total. The third-order valence-corrected chi connectivity index (χ3v) is 15.1. The van der Waals surface area contributed by atoms with Crippen molar-refractivity contribution in [1.29, 1.82) is 0 Å². The van der Waals surface area contributed by atoms with Gasteiger partial charge < -0.3 is 14.7 Å². The van der Waals surface area contributed by atoms with Gasteiger partial charge in [0.25, 0.3) is 20.2 Å². The molecular weight excluding hydrogens is 811 g/mol. The maximum atomic E-state index is 12.6. The van der Waals surface area contributed by atoms with E-state index in [1.54, 1.807) is 6.07 Å². The lowest BCUT2D eigenvalue weighted by Gasteiger charge is -2.44. The Balaban J connectivity index is 0.00000106. The van der Waals surface area contributed by atoms with E-state index in [1.807, 2.05) is 19.9 Å². The number of benzene rings is 4. The quantitative estimate of drug-likeness (QED) is 0.103. The molecule has 3 aliphatic heterocycles. The van der Waals surface area contributed by atoms with Crippen LogP contribution in [0.3, 0.4) is 0 Å². The van der Waals surface area contributed by atoms with Crippen molar-refractivity contribution in [3.05, 3.63) is 112 Å². The molecule has 326 valence electrons. The van der Waals surface area contributed by atoms with Gasteiger partial charge in [0, 0.05) is 46.1 Å². The molecule has 0 bridgehead atoms. The van der Waals surface area contributed by atoms with Gasteiger partial charge in [-0.15, -0.1) is 0 Å². The summed E-state index contributed by atoms with van der Waals surface area (Å²) in [6, 6.07) is 18.4. The highest BCUT2D eigenvalue weighted by Crippen LogP contribution is 2.57. The summed E-state index contributed by atoms with van der Waals surface area (Å²) in [7, 11) is -9.70. The first-order chi connectivity index (χ1) is 28.8. The minimum atomic E-state index is -4.87. The summed E-state index contributed by atoms with van der Waals surface area (Å²) >= 11 is 0. The first-order valence-electron chi connectivity index (χ1n) is 21.7. The Labute approximate surface area is 360 Å². The molecular formula is C49H59NO9S2. The second-order valence-electron chi connectivity index (χ2n) is 17.8. The van der Waals surface area contributed by atoms with Crippen LogP contribution < -0.4 is 4.90 Å². The predicted molar refractivity (Wildman–Crippen MR) is 242 cm³/mol. The van der Waals surface area contributed by atoms with Gasteiger partial charge in [-0.05, 0) is 107 Å². The Morgan fingerprint density at radius 1 is 0.836 bits per heavy atom. The highest BCUT2D eigenvalue weighted by molar-refractivity contribution is 7.86. The molecule has 0 saturated carbocycles. The van der Waals surface area contributed by atoms with Gasteiger partial charge in [-0.1, -0.05) is 116 Å². The maximum Gasteiger partial charge on any atom is 0.303 e. The van der Waals surface area contributed by atoms with Crippen molar-refractivity contribution >= 4 is 53.4 Å². The Morgan fingerprint density at radius 3 is 2.25 bits per heavy atom. The van der Waals surface area contributed by atoms with Crippen LogP contribution in [0.2, 0.25) is 0 Å². The van der Waals surface area contributed by atoms with Crippen molar-refractivity contribution in [1.82, 2.24) is 0 Å². The number of aliphatic carboxylic acids is 1. The molecule has 0 fully saturated rings. The van der Waals surface area contributed by atoms with Gasteiger partial charge in [0.15, 0.2) is 0 Å². The van der Waals surface area contributed by atoms with Crippen molar-refractivity contribution in [3.8, 4) is 0 Å². The zero-order chi connectivity index (χ0) is 44.1. The zero-order valence-corrected chi connectivity index (χ0v) is 37.6. The van der Waals surface area contributed by atoms with Crippen LogP contribution in [0.15, 0.2) is 106 Å². The summed E-state index contributed by atoms with van der Waals surface area (Å²) in [5, 5.41) is 12.1. The van der Waals surface area contributed by atoms with Crippen LogP contribution in [0.4, 0.5) is 5.69 Å². The molecule has 61 heavy (non-hydrogen) atoms. The minimum absolute atomic E-state index is 0.134. The molecule has 0 amide bonds. The van der Waals surface area contributed by atoms with Crippen molar-refractivity contribution in [3.63, 3.8) is 0 Å². The average Bonchev–Trinajstić information content (AvgIpc) is 3.46. The maximum absolute atomic E-state index is 12.6. The molecule has 0 radical (unpaired) electrons. The fraction of sp³-hybridized carbons (Fsp3) is 0.449. The first kappa shape index (κ1) is 44.7. The summed E-state index contributed by atoms with van der Waals surface area (Å²) in [5.74, 6) is -0.792. The second kappa shape index (κ2) is 17.1. The monoisotopic (exact) mass is 869 g/mol. The first-order valence-corrected chi connectivity index (χ1v) is 24.6. The highest BCUT2D eigenvalue weighted by atomic mass is 32.2. The average molecular weight is 870 g/mol. The number of anilines is 1. The molecule has 0 saturated heterocycles. The molecule has 1 aliphatic carbocycles. The zero-order valence-electron chi connectivity index (χ0n) is 36.0. The van der Waals surface area contributed by atoms with Gasteiger partial charge in [-0.3, -0.25) is 13.9 Å². The number of carbonyl (C=O) groups is 1. The number of unbranched alkanes of at least 4 members (excludes halogenated alkanes) is 4. The van der Waals surface area contributed by atoms with Crippen LogP contribution >= 0.6 is 0 Å². The van der Waals surface area contributed by atoms with E-state index in [-0.39, 0.29) is 24.0 Å². The fourth-order valence-corrected chi connectivity index (χ4v) is 11.9. The Hall–Kier alpha value is -4.33. The Kier molecular flexibility index (Phi) is 12.5. The Bertz CT molecular complexity index is 2690. The molecule has 12 heteroatoms. The molecule has 3 heterocycles. The molecule has 3 unspecified atom stereocenters. The van der Waals surface area contributed by atoms with Crippen molar-refractivity contribution in [2.24, 2.45) is 0 Å². The summed E-state index contributed by atoms with van der Waals surface area (Å²) in [6.45, 7) is 16.2. The topological polar surface area (TPSA) is 159 Å². The highest BCUT2D eigenvalue weighted by Gasteiger charge is 2.49. The van der Waals surface area contributed by atoms with E-state index >= 15 is 0 Å². The van der Waals surface area contributed by atoms with E-state index in [2.05, 4.69) is 68.1 Å². The number of allylic oxidation sites excluding steroid dienone is 1. The number of rotatable bonds is 10.